The zero-order chi connectivity index (χ0) is 21.9. The maximum absolute atomic E-state index is 9.45. The average molecular weight is 403 g/mol. The molecule has 0 aliphatic heterocycles. The van der Waals surface area contributed by atoms with Gasteiger partial charge in [-0.25, -0.2) is 4.98 Å². The molecule has 0 saturated carbocycles. The van der Waals surface area contributed by atoms with Gasteiger partial charge in [0.2, 0.25) is 5.95 Å². The van der Waals surface area contributed by atoms with E-state index in [9.17, 15) is 5.26 Å². The summed E-state index contributed by atoms with van der Waals surface area (Å²) in [4.78, 5) is 8.06. The first kappa shape index (κ1) is 20.9. The largest absolute Gasteiger partial charge is 0.496 e. The molecule has 0 aliphatic carbocycles. The lowest BCUT2D eigenvalue weighted by Crippen LogP contribution is -2.10. The van der Waals surface area contributed by atoms with Crippen molar-refractivity contribution in [2.75, 3.05) is 18.6 Å². The molecule has 3 aromatic rings. The fourth-order valence-corrected chi connectivity index (χ4v) is 3.07. The van der Waals surface area contributed by atoms with Gasteiger partial charge < -0.3 is 20.9 Å². The second-order valence-corrected chi connectivity index (χ2v) is 7.89. The third-order valence-corrected chi connectivity index (χ3v) is 4.73. The van der Waals surface area contributed by atoms with Crippen molar-refractivity contribution in [3.05, 3.63) is 59.2 Å². The summed E-state index contributed by atoms with van der Waals surface area (Å²) in [5.74, 6) is 1.48. The summed E-state index contributed by atoms with van der Waals surface area (Å²) in [6.45, 7) is 6.79. The molecule has 30 heavy (non-hydrogen) atoms. The van der Waals surface area contributed by atoms with Crippen molar-refractivity contribution in [2.24, 2.45) is 0 Å². The lowest BCUT2D eigenvalue weighted by molar-refractivity contribution is 0.296. The summed E-state index contributed by atoms with van der Waals surface area (Å²) in [7, 11) is 1.60. The molecular formula is C23H25N5O2. The summed E-state index contributed by atoms with van der Waals surface area (Å²) < 4.78 is 11.4. The van der Waals surface area contributed by atoms with Crippen molar-refractivity contribution in [1.29, 1.82) is 5.26 Å². The number of rotatable bonds is 5. The number of hydrogen-bond donors (Lipinski definition) is 2. The molecule has 2 aromatic carbocycles. The van der Waals surface area contributed by atoms with Gasteiger partial charge >= 0.3 is 0 Å². The molecule has 0 fully saturated rings. The number of hydrogen-bond acceptors (Lipinski definition) is 7. The molecule has 0 bridgehead atoms. The molecular weight excluding hydrogens is 378 g/mol. The molecule has 7 heteroatoms. The van der Waals surface area contributed by atoms with Crippen molar-refractivity contribution in [3.8, 4) is 28.8 Å². The Morgan fingerprint density at radius 1 is 1.03 bits per heavy atom. The van der Waals surface area contributed by atoms with Gasteiger partial charge in [-0.05, 0) is 41.3 Å². The van der Waals surface area contributed by atoms with E-state index in [-0.39, 0.29) is 29.4 Å². The molecule has 7 nitrogen and oxygen atoms in total. The number of anilines is 2. The Morgan fingerprint density at radius 2 is 1.73 bits per heavy atom. The summed E-state index contributed by atoms with van der Waals surface area (Å²) in [5, 5.41) is 9.45. The van der Waals surface area contributed by atoms with Crippen molar-refractivity contribution in [2.45, 2.75) is 32.8 Å². The normalized spacial score (nSPS) is 11.0. The first-order valence-corrected chi connectivity index (χ1v) is 9.46. The van der Waals surface area contributed by atoms with E-state index < -0.39 is 0 Å². The van der Waals surface area contributed by atoms with Crippen LogP contribution in [0.5, 0.6) is 11.5 Å². The van der Waals surface area contributed by atoms with Crippen LogP contribution in [0.1, 0.15) is 37.5 Å². The molecule has 4 N–H and O–H groups in total. The third kappa shape index (κ3) is 4.44. The van der Waals surface area contributed by atoms with Crippen LogP contribution in [0, 0.1) is 11.3 Å². The smallest absolute Gasteiger partial charge is 0.222 e. The Hall–Kier alpha value is -3.79. The minimum Gasteiger partial charge on any atom is -0.496 e. The highest BCUT2D eigenvalue weighted by Gasteiger charge is 2.16. The predicted molar refractivity (Wildman–Crippen MR) is 117 cm³/mol. The second kappa shape index (κ2) is 8.29. The Labute approximate surface area is 176 Å². The van der Waals surface area contributed by atoms with Crippen LogP contribution in [-0.2, 0) is 12.0 Å². The molecule has 0 radical (unpaired) electrons. The summed E-state index contributed by atoms with van der Waals surface area (Å²) in [5.41, 5.74) is 14.9. The average Bonchev–Trinajstić information content (AvgIpc) is 2.71. The van der Waals surface area contributed by atoms with Gasteiger partial charge in [-0.1, -0.05) is 32.9 Å². The minimum atomic E-state index is 0.00839. The van der Waals surface area contributed by atoms with Gasteiger partial charge in [0.05, 0.1) is 12.8 Å². The standard InChI is InChI=1S/C23H25N5O2/c1-23(2,3)16-6-8-17(9-7-16)30-13-15-11-14(5-10-19(15)29-4)20-18(12-24)21(25)28-22(26)27-20/h5-11H,13H2,1-4H3,(H4,25,26,27,28). The van der Waals surface area contributed by atoms with E-state index in [1.165, 1.54) is 5.56 Å². The third-order valence-electron chi connectivity index (χ3n) is 4.73. The Bertz CT molecular complexity index is 1100. The highest BCUT2D eigenvalue weighted by molar-refractivity contribution is 5.74. The van der Waals surface area contributed by atoms with Gasteiger partial charge in [-0.3, -0.25) is 0 Å². The number of nitriles is 1. The Balaban J connectivity index is 1.90. The molecule has 0 saturated heterocycles. The van der Waals surface area contributed by atoms with E-state index in [0.717, 1.165) is 11.3 Å². The quantitative estimate of drug-likeness (QED) is 0.659. The highest BCUT2D eigenvalue weighted by atomic mass is 16.5. The molecule has 0 spiro atoms. The Kier molecular flexibility index (Phi) is 5.79. The molecule has 0 amide bonds. The van der Waals surface area contributed by atoms with E-state index in [1.807, 2.05) is 24.3 Å². The molecule has 1 heterocycles. The molecule has 3 rings (SSSR count). The van der Waals surface area contributed by atoms with Crippen LogP contribution in [-0.4, -0.2) is 17.1 Å². The fraction of sp³-hybridized carbons (Fsp3) is 0.261. The number of nitrogens with two attached hydrogens (primary N) is 2. The number of nitrogen functional groups attached to an aromatic ring is 2. The van der Waals surface area contributed by atoms with Crippen LogP contribution < -0.4 is 20.9 Å². The SMILES string of the molecule is COc1ccc(-c2nc(N)nc(N)c2C#N)cc1COc1ccc(C(C)(C)C)cc1. The molecule has 0 atom stereocenters. The zero-order valence-electron chi connectivity index (χ0n) is 17.6. The van der Waals surface area contributed by atoms with Gasteiger partial charge in [-0.2, -0.15) is 10.2 Å². The highest BCUT2D eigenvalue weighted by Crippen LogP contribution is 2.31. The second-order valence-electron chi connectivity index (χ2n) is 7.89. The lowest BCUT2D eigenvalue weighted by atomic mass is 9.87. The zero-order valence-corrected chi connectivity index (χ0v) is 17.6. The fourth-order valence-electron chi connectivity index (χ4n) is 3.07. The van der Waals surface area contributed by atoms with Crippen molar-refractivity contribution < 1.29 is 9.47 Å². The van der Waals surface area contributed by atoms with E-state index >= 15 is 0 Å². The number of methoxy groups -OCH3 is 1. The van der Waals surface area contributed by atoms with E-state index in [1.54, 1.807) is 19.2 Å². The molecule has 0 aliphatic rings. The molecule has 1 aromatic heterocycles. The van der Waals surface area contributed by atoms with Crippen molar-refractivity contribution in [1.82, 2.24) is 9.97 Å². The van der Waals surface area contributed by atoms with Crippen LogP contribution in [0.2, 0.25) is 0 Å². The molecule has 154 valence electrons. The van der Waals surface area contributed by atoms with Gasteiger partial charge in [0.25, 0.3) is 0 Å². The van der Waals surface area contributed by atoms with Gasteiger partial charge in [-0.15, -0.1) is 0 Å². The Morgan fingerprint density at radius 3 is 2.33 bits per heavy atom. The predicted octanol–water partition coefficient (Wildman–Crippen LogP) is 4.06. The van der Waals surface area contributed by atoms with Crippen molar-refractivity contribution in [3.63, 3.8) is 0 Å². The molecule has 0 unspecified atom stereocenters. The summed E-state index contributed by atoms with van der Waals surface area (Å²) in [6.07, 6.45) is 0. The number of aromatic nitrogens is 2. The minimum absolute atomic E-state index is 0.00839. The van der Waals surface area contributed by atoms with Gasteiger partial charge in [0.1, 0.15) is 35.6 Å². The van der Waals surface area contributed by atoms with Crippen LogP contribution >= 0.6 is 0 Å². The van der Waals surface area contributed by atoms with Crippen molar-refractivity contribution >= 4 is 11.8 Å². The first-order valence-electron chi connectivity index (χ1n) is 9.46. The number of ether oxygens (including phenoxy) is 2. The van der Waals surface area contributed by atoms with Gasteiger partial charge in [0.15, 0.2) is 0 Å². The summed E-state index contributed by atoms with van der Waals surface area (Å²) in [6, 6.07) is 15.5. The topological polar surface area (TPSA) is 120 Å². The van der Waals surface area contributed by atoms with Crippen LogP contribution in [0.15, 0.2) is 42.5 Å². The van der Waals surface area contributed by atoms with E-state index in [2.05, 4.69) is 42.9 Å². The van der Waals surface area contributed by atoms with Crippen LogP contribution in [0.4, 0.5) is 11.8 Å². The lowest BCUT2D eigenvalue weighted by Gasteiger charge is -2.19. The maximum Gasteiger partial charge on any atom is 0.222 e. The maximum atomic E-state index is 9.45. The van der Waals surface area contributed by atoms with Crippen LogP contribution in [0.3, 0.4) is 0 Å². The van der Waals surface area contributed by atoms with E-state index in [4.69, 9.17) is 20.9 Å². The first-order chi connectivity index (χ1) is 14.2. The van der Waals surface area contributed by atoms with E-state index in [0.29, 0.717) is 17.0 Å². The number of benzene rings is 2. The van der Waals surface area contributed by atoms with Gasteiger partial charge in [0, 0.05) is 11.1 Å². The van der Waals surface area contributed by atoms with Crippen LogP contribution in [0.25, 0.3) is 11.3 Å². The number of nitrogens with zero attached hydrogens (tertiary/aromatic N) is 3. The summed E-state index contributed by atoms with van der Waals surface area (Å²) >= 11 is 0. The monoisotopic (exact) mass is 403 g/mol.